The third-order valence-electron chi connectivity index (χ3n) is 2.93. The Kier molecular flexibility index (Phi) is 5.22. The van der Waals surface area contributed by atoms with Crippen LogP contribution in [0.3, 0.4) is 0 Å². The summed E-state index contributed by atoms with van der Waals surface area (Å²) in [6.45, 7) is 1.53. The van der Waals surface area contributed by atoms with Crippen molar-refractivity contribution in [3.8, 4) is 11.5 Å². The van der Waals surface area contributed by atoms with Crippen LogP contribution in [0, 0.1) is 5.82 Å². The number of ether oxygens (including phenoxy) is 2. The van der Waals surface area contributed by atoms with E-state index in [2.05, 4.69) is 5.32 Å². The highest BCUT2D eigenvalue weighted by molar-refractivity contribution is 6.32. The smallest absolute Gasteiger partial charge is 0.265 e. The van der Waals surface area contributed by atoms with Gasteiger partial charge in [-0.05, 0) is 37.3 Å². The van der Waals surface area contributed by atoms with E-state index in [9.17, 15) is 9.18 Å². The molecule has 1 amide bonds. The highest BCUT2D eigenvalue weighted by Gasteiger charge is 2.17. The molecular formula is C16H15ClFNO3. The number of hydrogen-bond acceptors (Lipinski definition) is 3. The van der Waals surface area contributed by atoms with E-state index < -0.39 is 17.8 Å². The minimum absolute atomic E-state index is 0.0258. The molecule has 0 radical (unpaired) electrons. The number of carbonyl (C=O) groups is 1. The summed E-state index contributed by atoms with van der Waals surface area (Å²) < 4.78 is 23.8. The molecule has 2 rings (SSSR count). The van der Waals surface area contributed by atoms with Crippen molar-refractivity contribution >= 4 is 23.2 Å². The number of anilines is 1. The Hall–Kier alpha value is -2.27. The molecule has 2 aromatic rings. The quantitative estimate of drug-likeness (QED) is 0.908. The molecule has 0 heterocycles. The molecule has 116 valence electrons. The molecule has 0 aliphatic rings. The van der Waals surface area contributed by atoms with E-state index in [-0.39, 0.29) is 5.75 Å². The number of rotatable bonds is 5. The number of benzene rings is 2. The van der Waals surface area contributed by atoms with Crippen LogP contribution in [0.15, 0.2) is 42.5 Å². The monoisotopic (exact) mass is 323 g/mol. The van der Waals surface area contributed by atoms with Gasteiger partial charge in [-0.3, -0.25) is 4.79 Å². The van der Waals surface area contributed by atoms with Gasteiger partial charge in [-0.1, -0.05) is 23.7 Å². The number of methoxy groups -OCH3 is 1. The van der Waals surface area contributed by atoms with Crippen LogP contribution in [0.5, 0.6) is 11.5 Å². The fourth-order valence-electron chi connectivity index (χ4n) is 1.77. The highest BCUT2D eigenvalue weighted by Crippen LogP contribution is 2.27. The second-order valence-electron chi connectivity index (χ2n) is 4.53. The maximum Gasteiger partial charge on any atom is 0.265 e. The Morgan fingerprint density at radius 1 is 1.23 bits per heavy atom. The summed E-state index contributed by atoms with van der Waals surface area (Å²) in [4.78, 5) is 12.1. The Bertz CT molecular complexity index is 678. The Morgan fingerprint density at radius 2 is 1.95 bits per heavy atom. The zero-order chi connectivity index (χ0) is 16.1. The van der Waals surface area contributed by atoms with Crippen molar-refractivity contribution in [2.24, 2.45) is 0 Å². The summed E-state index contributed by atoms with van der Waals surface area (Å²) in [5.41, 5.74) is 0.500. The number of hydrogen-bond donors (Lipinski definition) is 1. The van der Waals surface area contributed by atoms with Crippen LogP contribution in [-0.4, -0.2) is 19.1 Å². The van der Waals surface area contributed by atoms with E-state index in [4.69, 9.17) is 21.1 Å². The summed E-state index contributed by atoms with van der Waals surface area (Å²) in [6, 6.07) is 10.8. The molecular weight excluding hydrogens is 309 g/mol. The van der Waals surface area contributed by atoms with E-state index in [1.807, 2.05) is 0 Å². The van der Waals surface area contributed by atoms with Crippen LogP contribution in [0.25, 0.3) is 0 Å². The highest BCUT2D eigenvalue weighted by atomic mass is 35.5. The maximum absolute atomic E-state index is 13.5. The van der Waals surface area contributed by atoms with Crippen molar-refractivity contribution in [2.45, 2.75) is 13.0 Å². The molecule has 0 spiro atoms. The van der Waals surface area contributed by atoms with Gasteiger partial charge in [0.15, 0.2) is 17.7 Å². The fourth-order valence-corrected chi connectivity index (χ4v) is 2.03. The Labute approximate surface area is 132 Å². The van der Waals surface area contributed by atoms with E-state index in [0.29, 0.717) is 16.5 Å². The molecule has 1 N–H and O–H groups in total. The number of nitrogens with one attached hydrogen (secondary N) is 1. The van der Waals surface area contributed by atoms with Crippen LogP contribution in [-0.2, 0) is 4.79 Å². The average Bonchev–Trinajstić information content (AvgIpc) is 2.49. The predicted molar refractivity (Wildman–Crippen MR) is 83.1 cm³/mol. The van der Waals surface area contributed by atoms with Crippen LogP contribution < -0.4 is 14.8 Å². The lowest BCUT2D eigenvalue weighted by Gasteiger charge is -2.15. The van der Waals surface area contributed by atoms with Crippen LogP contribution in [0.1, 0.15) is 6.92 Å². The average molecular weight is 324 g/mol. The first-order valence-electron chi connectivity index (χ1n) is 6.57. The molecule has 0 saturated carbocycles. The van der Waals surface area contributed by atoms with Crippen molar-refractivity contribution in [1.29, 1.82) is 0 Å². The van der Waals surface area contributed by atoms with Crippen LogP contribution >= 0.6 is 11.6 Å². The molecule has 0 saturated heterocycles. The molecule has 1 atom stereocenters. The van der Waals surface area contributed by atoms with Crippen LogP contribution in [0.2, 0.25) is 5.02 Å². The molecule has 4 nitrogen and oxygen atoms in total. The van der Waals surface area contributed by atoms with E-state index in [1.54, 1.807) is 30.3 Å². The second kappa shape index (κ2) is 7.13. The topological polar surface area (TPSA) is 47.6 Å². The molecule has 0 aromatic heterocycles. The van der Waals surface area contributed by atoms with Crippen molar-refractivity contribution < 1.29 is 18.7 Å². The molecule has 0 aliphatic heterocycles. The van der Waals surface area contributed by atoms with Crippen molar-refractivity contribution in [1.82, 2.24) is 0 Å². The summed E-state index contributed by atoms with van der Waals surface area (Å²) >= 11 is 5.99. The number of halogens is 2. The Balaban J connectivity index is 2.02. The summed E-state index contributed by atoms with van der Waals surface area (Å²) in [7, 11) is 1.50. The fraction of sp³-hybridized carbons (Fsp3) is 0.188. The molecule has 0 bridgehead atoms. The van der Waals surface area contributed by atoms with Gasteiger partial charge in [0.05, 0.1) is 12.1 Å². The summed E-state index contributed by atoms with van der Waals surface area (Å²) in [5.74, 6) is -0.396. The predicted octanol–water partition coefficient (Wildman–Crippen LogP) is 3.89. The van der Waals surface area contributed by atoms with Gasteiger partial charge in [0.25, 0.3) is 5.91 Å². The second-order valence-corrected chi connectivity index (χ2v) is 4.94. The molecule has 0 unspecified atom stereocenters. The molecule has 0 fully saturated rings. The van der Waals surface area contributed by atoms with Gasteiger partial charge in [0, 0.05) is 5.69 Å². The zero-order valence-corrected chi connectivity index (χ0v) is 12.9. The number of amides is 1. The van der Waals surface area contributed by atoms with Gasteiger partial charge >= 0.3 is 0 Å². The molecule has 2 aromatic carbocycles. The first-order chi connectivity index (χ1) is 10.5. The van der Waals surface area contributed by atoms with Gasteiger partial charge in [0.1, 0.15) is 5.75 Å². The lowest BCUT2D eigenvalue weighted by molar-refractivity contribution is -0.122. The summed E-state index contributed by atoms with van der Waals surface area (Å²) in [6.07, 6.45) is -0.863. The summed E-state index contributed by atoms with van der Waals surface area (Å²) in [5, 5.41) is 3.02. The van der Waals surface area contributed by atoms with Crippen molar-refractivity contribution in [2.75, 3.05) is 12.4 Å². The van der Waals surface area contributed by atoms with E-state index in [1.165, 1.54) is 26.2 Å². The third-order valence-corrected chi connectivity index (χ3v) is 3.22. The minimum Gasteiger partial charge on any atom is -0.495 e. The first-order valence-corrected chi connectivity index (χ1v) is 6.94. The molecule has 0 aliphatic carbocycles. The SMILES string of the molecule is COc1ccc(NC(=O)[C@@H](C)Oc2ccccc2F)cc1Cl. The van der Waals surface area contributed by atoms with Gasteiger partial charge in [-0.2, -0.15) is 0 Å². The van der Waals surface area contributed by atoms with E-state index >= 15 is 0 Å². The van der Waals surface area contributed by atoms with Gasteiger partial charge in [0.2, 0.25) is 0 Å². The lowest BCUT2D eigenvalue weighted by Crippen LogP contribution is -2.30. The van der Waals surface area contributed by atoms with Crippen LogP contribution in [0.4, 0.5) is 10.1 Å². The number of carbonyl (C=O) groups excluding carboxylic acids is 1. The van der Waals surface area contributed by atoms with Gasteiger partial charge in [-0.15, -0.1) is 0 Å². The van der Waals surface area contributed by atoms with Crippen molar-refractivity contribution in [3.05, 3.63) is 53.3 Å². The molecule has 6 heteroatoms. The normalized spacial score (nSPS) is 11.6. The first kappa shape index (κ1) is 16.1. The molecule has 22 heavy (non-hydrogen) atoms. The third kappa shape index (κ3) is 3.89. The maximum atomic E-state index is 13.5. The van der Waals surface area contributed by atoms with Gasteiger partial charge in [-0.25, -0.2) is 4.39 Å². The standard InChI is InChI=1S/C16H15ClFNO3/c1-10(22-15-6-4-3-5-13(15)18)16(20)19-11-7-8-14(21-2)12(17)9-11/h3-10H,1-2H3,(H,19,20)/t10-/m1/s1. The van der Waals surface area contributed by atoms with E-state index in [0.717, 1.165) is 0 Å². The number of para-hydroxylation sites is 1. The largest absolute Gasteiger partial charge is 0.495 e. The lowest BCUT2D eigenvalue weighted by atomic mass is 10.2. The minimum atomic E-state index is -0.863. The Morgan fingerprint density at radius 3 is 2.59 bits per heavy atom. The van der Waals surface area contributed by atoms with Gasteiger partial charge < -0.3 is 14.8 Å². The van der Waals surface area contributed by atoms with Crippen molar-refractivity contribution in [3.63, 3.8) is 0 Å². The zero-order valence-electron chi connectivity index (χ0n) is 12.1.